The summed E-state index contributed by atoms with van der Waals surface area (Å²) in [4.78, 5) is 28.1. The second-order valence-electron chi connectivity index (χ2n) is 13.5. The molecule has 1 unspecified atom stereocenters. The summed E-state index contributed by atoms with van der Waals surface area (Å²) in [5.41, 5.74) is 2.28. The topological polar surface area (TPSA) is 60.9 Å². The highest BCUT2D eigenvalue weighted by atomic mass is 16.3. The predicted molar refractivity (Wildman–Crippen MR) is 138 cm³/mol. The Bertz CT molecular complexity index is 879. The summed E-state index contributed by atoms with van der Waals surface area (Å²) in [7, 11) is 1.84. The monoisotopic (exact) mass is 484 g/mol. The predicted octanol–water partition coefficient (Wildman–Crippen LogP) is 5.03. The van der Waals surface area contributed by atoms with Gasteiger partial charge >= 0.3 is 0 Å². The summed E-state index contributed by atoms with van der Waals surface area (Å²) >= 11 is 0. The van der Waals surface area contributed by atoms with Gasteiger partial charge in [-0.25, -0.2) is 0 Å². The molecule has 0 spiro atoms. The first-order valence-electron chi connectivity index (χ1n) is 14.4. The Morgan fingerprint density at radius 2 is 1.89 bits per heavy atom. The molecule has 196 valence electrons. The average molecular weight is 485 g/mol. The first-order valence-corrected chi connectivity index (χ1v) is 14.4. The van der Waals surface area contributed by atoms with E-state index in [1.54, 1.807) is 17.4 Å². The Hall–Kier alpha value is -1.36. The Balaban J connectivity index is 1.18. The summed E-state index contributed by atoms with van der Waals surface area (Å²) in [5.74, 6) is 4.05. The van der Waals surface area contributed by atoms with Gasteiger partial charge in [0.2, 0.25) is 11.8 Å². The molecule has 8 atom stereocenters. The van der Waals surface area contributed by atoms with Crippen LogP contribution >= 0.6 is 0 Å². The molecule has 0 aromatic rings. The molecule has 1 saturated heterocycles. The van der Waals surface area contributed by atoms with Crippen molar-refractivity contribution >= 4 is 11.8 Å². The van der Waals surface area contributed by atoms with Crippen LogP contribution in [0.25, 0.3) is 0 Å². The molecular formula is C30H48N2O3. The van der Waals surface area contributed by atoms with E-state index < -0.39 is 0 Å². The molecule has 0 aromatic heterocycles. The molecule has 0 radical (unpaired) electrons. The van der Waals surface area contributed by atoms with Crippen molar-refractivity contribution in [3.05, 3.63) is 11.6 Å². The van der Waals surface area contributed by atoms with Gasteiger partial charge in [0.25, 0.3) is 0 Å². The van der Waals surface area contributed by atoms with Gasteiger partial charge in [-0.3, -0.25) is 9.59 Å². The van der Waals surface area contributed by atoms with Gasteiger partial charge in [0, 0.05) is 33.5 Å². The normalized spacial score (nSPS) is 41.7. The van der Waals surface area contributed by atoms with E-state index in [0.29, 0.717) is 36.3 Å². The van der Waals surface area contributed by atoms with Crippen molar-refractivity contribution in [3.63, 3.8) is 0 Å². The lowest BCUT2D eigenvalue weighted by Gasteiger charge is -2.58. The van der Waals surface area contributed by atoms with Crippen LogP contribution in [0.2, 0.25) is 0 Å². The fourth-order valence-electron chi connectivity index (χ4n) is 9.49. The third kappa shape index (κ3) is 4.18. The van der Waals surface area contributed by atoms with Crippen LogP contribution in [0.4, 0.5) is 0 Å². The molecule has 35 heavy (non-hydrogen) atoms. The highest BCUT2D eigenvalue weighted by molar-refractivity contribution is 5.78. The van der Waals surface area contributed by atoms with E-state index in [1.165, 1.54) is 32.1 Å². The molecule has 5 aliphatic rings. The summed E-state index contributed by atoms with van der Waals surface area (Å²) in [6, 6.07) is 0.193. The Labute approximate surface area is 212 Å². The largest absolute Gasteiger partial charge is 0.393 e. The second-order valence-corrected chi connectivity index (χ2v) is 13.5. The quantitative estimate of drug-likeness (QED) is 0.557. The first-order chi connectivity index (χ1) is 16.5. The van der Waals surface area contributed by atoms with Crippen molar-refractivity contribution < 1.29 is 14.7 Å². The standard InChI is InChI=1S/C30H48N2O3/c1-19(6-11-28(35)32-17-22(18-32)31(5)20(2)33)25-9-10-26-24-8-7-21-16-23(34)12-14-29(21,3)27(24)13-15-30(25,26)4/h7,19,22-27,34H,6,8-18H2,1-5H3/t19?,23-,24-,25+,26-,27-,29-,30+/m0/s1. The van der Waals surface area contributed by atoms with E-state index >= 15 is 0 Å². The number of rotatable bonds is 5. The number of nitrogens with zero attached hydrogens (tertiary/aromatic N) is 2. The van der Waals surface area contributed by atoms with E-state index in [4.69, 9.17) is 0 Å². The molecule has 0 bridgehead atoms. The van der Waals surface area contributed by atoms with E-state index in [9.17, 15) is 14.7 Å². The summed E-state index contributed by atoms with van der Waals surface area (Å²) in [5, 5.41) is 10.3. The van der Waals surface area contributed by atoms with Crippen LogP contribution in [-0.2, 0) is 9.59 Å². The number of carbonyl (C=O) groups excluding carboxylic acids is 2. The maximum absolute atomic E-state index is 12.8. The minimum absolute atomic E-state index is 0.0780. The highest BCUT2D eigenvalue weighted by Crippen LogP contribution is 2.67. The number of allylic oxidation sites excluding steroid dienone is 1. The average Bonchev–Trinajstić information content (AvgIpc) is 3.14. The maximum atomic E-state index is 12.8. The van der Waals surface area contributed by atoms with Crippen molar-refractivity contribution in [2.24, 2.45) is 40.4 Å². The zero-order valence-corrected chi connectivity index (χ0v) is 22.8. The van der Waals surface area contributed by atoms with Crippen molar-refractivity contribution in [1.82, 2.24) is 9.80 Å². The number of carbonyl (C=O) groups is 2. The van der Waals surface area contributed by atoms with Gasteiger partial charge in [0.05, 0.1) is 12.1 Å². The lowest BCUT2D eigenvalue weighted by molar-refractivity contribution is -0.144. The van der Waals surface area contributed by atoms with Gasteiger partial charge in [-0.2, -0.15) is 0 Å². The molecule has 1 heterocycles. The van der Waals surface area contributed by atoms with Gasteiger partial charge in [-0.05, 0) is 98.2 Å². The third-order valence-electron chi connectivity index (χ3n) is 11.9. The molecule has 2 amide bonds. The Kier molecular flexibility index (Phi) is 6.64. The summed E-state index contributed by atoms with van der Waals surface area (Å²) in [6.07, 6.45) is 13.6. The third-order valence-corrected chi connectivity index (χ3v) is 11.9. The van der Waals surface area contributed by atoms with E-state index in [-0.39, 0.29) is 24.0 Å². The molecule has 5 rings (SSSR count). The van der Waals surface area contributed by atoms with Crippen LogP contribution in [0.15, 0.2) is 11.6 Å². The number of fused-ring (bicyclic) bond motifs is 5. The molecule has 4 aliphatic carbocycles. The second kappa shape index (κ2) is 9.19. The lowest BCUT2D eigenvalue weighted by Crippen LogP contribution is -2.61. The number of amides is 2. The van der Waals surface area contributed by atoms with Crippen LogP contribution in [0.1, 0.15) is 91.9 Å². The highest BCUT2D eigenvalue weighted by Gasteiger charge is 2.59. The maximum Gasteiger partial charge on any atom is 0.222 e. The Morgan fingerprint density at radius 1 is 1.14 bits per heavy atom. The molecular weight excluding hydrogens is 436 g/mol. The molecule has 5 heteroatoms. The Morgan fingerprint density at radius 3 is 2.60 bits per heavy atom. The van der Waals surface area contributed by atoms with Crippen molar-refractivity contribution in [3.8, 4) is 0 Å². The molecule has 1 aliphatic heterocycles. The number of aliphatic hydroxyl groups is 1. The molecule has 3 saturated carbocycles. The zero-order chi connectivity index (χ0) is 25.1. The van der Waals surface area contributed by atoms with Crippen molar-refractivity contribution in [1.29, 1.82) is 0 Å². The van der Waals surface area contributed by atoms with Crippen molar-refractivity contribution in [2.75, 3.05) is 20.1 Å². The number of likely N-dealkylation sites (N-methyl/N-ethyl adjacent to an activating group) is 1. The molecule has 1 N–H and O–H groups in total. The smallest absolute Gasteiger partial charge is 0.222 e. The number of hydrogen-bond acceptors (Lipinski definition) is 3. The minimum Gasteiger partial charge on any atom is -0.393 e. The molecule has 5 nitrogen and oxygen atoms in total. The number of likely N-dealkylation sites (tertiary alicyclic amines) is 1. The van der Waals surface area contributed by atoms with Crippen LogP contribution in [-0.4, -0.2) is 59.0 Å². The first kappa shape index (κ1) is 25.3. The van der Waals surface area contributed by atoms with E-state index in [1.807, 2.05) is 11.9 Å². The van der Waals surface area contributed by atoms with Crippen LogP contribution in [0, 0.1) is 40.4 Å². The van der Waals surface area contributed by atoms with Crippen LogP contribution in [0.3, 0.4) is 0 Å². The molecule has 0 aromatic carbocycles. The van der Waals surface area contributed by atoms with Crippen LogP contribution in [0.5, 0.6) is 0 Å². The fraction of sp³-hybridized carbons (Fsp3) is 0.867. The van der Waals surface area contributed by atoms with Gasteiger partial charge in [0.15, 0.2) is 0 Å². The fourth-order valence-corrected chi connectivity index (χ4v) is 9.49. The number of hydrogen-bond donors (Lipinski definition) is 1. The number of aliphatic hydroxyl groups excluding tert-OH is 1. The van der Waals surface area contributed by atoms with Gasteiger partial charge in [0.1, 0.15) is 0 Å². The molecule has 4 fully saturated rings. The van der Waals surface area contributed by atoms with Gasteiger partial charge < -0.3 is 14.9 Å². The minimum atomic E-state index is -0.128. The lowest BCUT2D eigenvalue weighted by atomic mass is 9.47. The summed E-state index contributed by atoms with van der Waals surface area (Å²) < 4.78 is 0. The zero-order valence-electron chi connectivity index (χ0n) is 22.8. The summed E-state index contributed by atoms with van der Waals surface area (Å²) in [6.45, 7) is 10.5. The SMILES string of the molecule is CC(=O)N(C)C1CN(C(=O)CCC(C)[C@H]2CC[C@H]3[C@@H]4CC=C5C[C@@H](O)CC[C@]5(C)[C@H]4CC[C@]23C)C1. The van der Waals surface area contributed by atoms with Gasteiger partial charge in [-0.15, -0.1) is 0 Å². The van der Waals surface area contributed by atoms with Crippen molar-refractivity contribution in [2.45, 2.75) is 104 Å². The van der Waals surface area contributed by atoms with E-state index in [2.05, 4.69) is 26.8 Å². The van der Waals surface area contributed by atoms with Gasteiger partial charge in [-0.1, -0.05) is 32.4 Å². The van der Waals surface area contributed by atoms with E-state index in [0.717, 1.165) is 49.4 Å². The van der Waals surface area contributed by atoms with Crippen LogP contribution < -0.4 is 0 Å².